The van der Waals surface area contributed by atoms with Crippen LogP contribution in [0.3, 0.4) is 0 Å². The third-order valence-corrected chi connectivity index (χ3v) is 4.92. The molecule has 0 aliphatic carbocycles. The van der Waals surface area contributed by atoms with Crippen LogP contribution in [0.1, 0.15) is 17.2 Å². The second-order valence-corrected chi connectivity index (χ2v) is 6.60. The Morgan fingerprint density at radius 2 is 1.77 bits per heavy atom. The van der Waals surface area contributed by atoms with Gasteiger partial charge in [0.05, 0.1) is 38.0 Å². The Labute approximate surface area is 173 Å². The molecule has 1 unspecified atom stereocenters. The van der Waals surface area contributed by atoms with Crippen LogP contribution in [0.4, 0.5) is 4.39 Å². The second kappa shape index (κ2) is 8.96. The van der Waals surface area contributed by atoms with Gasteiger partial charge < -0.3 is 24.2 Å². The van der Waals surface area contributed by atoms with E-state index < -0.39 is 29.3 Å². The number of amides is 1. The summed E-state index contributed by atoms with van der Waals surface area (Å²) in [7, 11) is 4.37. The molecule has 0 spiro atoms. The van der Waals surface area contributed by atoms with E-state index >= 15 is 0 Å². The molecule has 1 aliphatic rings. The summed E-state index contributed by atoms with van der Waals surface area (Å²) >= 11 is 0. The van der Waals surface area contributed by atoms with E-state index in [9.17, 15) is 19.1 Å². The molecule has 1 aliphatic heterocycles. The maximum absolute atomic E-state index is 13.9. The Morgan fingerprint density at radius 1 is 1.07 bits per heavy atom. The van der Waals surface area contributed by atoms with Crippen molar-refractivity contribution in [2.45, 2.75) is 6.04 Å². The first-order chi connectivity index (χ1) is 14.4. The maximum atomic E-state index is 13.9. The van der Waals surface area contributed by atoms with Crippen LogP contribution in [-0.2, 0) is 14.3 Å². The fourth-order valence-electron chi connectivity index (χ4n) is 3.44. The van der Waals surface area contributed by atoms with Crippen molar-refractivity contribution in [3.8, 4) is 11.5 Å². The van der Waals surface area contributed by atoms with E-state index in [4.69, 9.17) is 14.2 Å². The van der Waals surface area contributed by atoms with Crippen molar-refractivity contribution < 1.29 is 33.3 Å². The van der Waals surface area contributed by atoms with Crippen molar-refractivity contribution in [2.24, 2.45) is 0 Å². The molecule has 2 aromatic carbocycles. The lowest BCUT2D eigenvalue weighted by atomic mass is 9.95. The highest BCUT2D eigenvalue weighted by atomic mass is 19.1. The van der Waals surface area contributed by atoms with E-state index in [0.29, 0.717) is 11.3 Å². The van der Waals surface area contributed by atoms with E-state index in [2.05, 4.69) is 0 Å². The molecule has 0 bridgehead atoms. The first-order valence-electron chi connectivity index (χ1n) is 9.18. The number of aliphatic hydroxyl groups excluding tert-OH is 1. The summed E-state index contributed by atoms with van der Waals surface area (Å²) in [5, 5.41) is 11.0. The quantitative estimate of drug-likeness (QED) is 0.425. The van der Waals surface area contributed by atoms with Crippen molar-refractivity contribution in [3.05, 3.63) is 65.0 Å². The van der Waals surface area contributed by atoms with Crippen LogP contribution in [0.5, 0.6) is 11.5 Å². The molecule has 1 atom stereocenters. The van der Waals surface area contributed by atoms with Crippen LogP contribution in [0.2, 0.25) is 0 Å². The number of hydrogen-bond acceptors (Lipinski definition) is 6. The lowest BCUT2D eigenvalue weighted by Gasteiger charge is -2.25. The summed E-state index contributed by atoms with van der Waals surface area (Å²) in [6, 6.07) is 9.47. The summed E-state index contributed by atoms with van der Waals surface area (Å²) < 4.78 is 29.3. The molecule has 1 fully saturated rings. The van der Waals surface area contributed by atoms with Gasteiger partial charge in [0.15, 0.2) is 0 Å². The van der Waals surface area contributed by atoms with E-state index in [1.807, 2.05) is 0 Å². The van der Waals surface area contributed by atoms with E-state index in [1.165, 1.54) is 38.4 Å². The number of carbonyl (C=O) groups excluding carboxylic acids is 2. The van der Waals surface area contributed by atoms with Gasteiger partial charge in [-0.3, -0.25) is 9.59 Å². The van der Waals surface area contributed by atoms with Crippen LogP contribution < -0.4 is 9.47 Å². The number of aliphatic hydroxyl groups is 1. The topological polar surface area (TPSA) is 85.3 Å². The molecule has 8 heteroatoms. The highest BCUT2D eigenvalue weighted by Crippen LogP contribution is 2.41. The smallest absolute Gasteiger partial charge is 0.295 e. The van der Waals surface area contributed by atoms with Gasteiger partial charge in [0, 0.05) is 13.7 Å². The zero-order valence-electron chi connectivity index (χ0n) is 16.8. The SMILES string of the molecule is COCCN1C(=O)C(=O)/C(=C(/O)c2cc(F)ccc2OC)C1c1ccc(OC)cc1. The van der Waals surface area contributed by atoms with Gasteiger partial charge in [0.1, 0.15) is 23.1 Å². The van der Waals surface area contributed by atoms with E-state index in [1.54, 1.807) is 24.3 Å². The van der Waals surface area contributed by atoms with Gasteiger partial charge >= 0.3 is 0 Å². The number of ketones is 1. The Hall–Kier alpha value is -3.39. The first kappa shape index (κ1) is 21.3. The Kier molecular flexibility index (Phi) is 6.37. The molecule has 158 valence electrons. The number of Topliss-reactive ketones (excluding diaryl/α,β-unsaturated/α-hetero) is 1. The average molecular weight is 415 g/mol. The fourth-order valence-corrected chi connectivity index (χ4v) is 3.44. The minimum atomic E-state index is -0.876. The normalized spacial score (nSPS) is 18.0. The van der Waals surface area contributed by atoms with Gasteiger partial charge in [0.25, 0.3) is 11.7 Å². The highest BCUT2D eigenvalue weighted by molar-refractivity contribution is 6.46. The predicted octanol–water partition coefficient (Wildman–Crippen LogP) is 2.91. The molecule has 1 saturated heterocycles. The summed E-state index contributed by atoms with van der Waals surface area (Å²) in [5.41, 5.74) is 0.425. The minimum absolute atomic E-state index is 0.0132. The Balaban J connectivity index is 2.20. The molecule has 2 aromatic rings. The third kappa shape index (κ3) is 3.86. The first-order valence-corrected chi connectivity index (χ1v) is 9.18. The van der Waals surface area contributed by atoms with Crippen LogP contribution in [-0.4, -0.2) is 56.2 Å². The highest BCUT2D eigenvalue weighted by Gasteiger charge is 2.46. The van der Waals surface area contributed by atoms with Crippen molar-refractivity contribution in [1.29, 1.82) is 0 Å². The molecule has 1 amide bonds. The summed E-state index contributed by atoms with van der Waals surface area (Å²) in [6.45, 7) is 0.331. The van der Waals surface area contributed by atoms with Gasteiger partial charge in [-0.2, -0.15) is 0 Å². The van der Waals surface area contributed by atoms with Crippen LogP contribution in [0.25, 0.3) is 5.76 Å². The van der Waals surface area contributed by atoms with E-state index in [-0.39, 0.29) is 30.0 Å². The van der Waals surface area contributed by atoms with Gasteiger partial charge in [-0.1, -0.05) is 12.1 Å². The lowest BCUT2D eigenvalue weighted by molar-refractivity contribution is -0.140. The molecule has 0 aromatic heterocycles. The Morgan fingerprint density at radius 3 is 2.37 bits per heavy atom. The number of likely N-dealkylation sites (tertiary alicyclic amines) is 1. The van der Waals surface area contributed by atoms with Crippen molar-refractivity contribution >= 4 is 17.4 Å². The molecule has 3 rings (SSSR count). The number of benzene rings is 2. The monoisotopic (exact) mass is 415 g/mol. The van der Waals surface area contributed by atoms with Crippen LogP contribution in [0.15, 0.2) is 48.0 Å². The molecule has 7 nitrogen and oxygen atoms in total. The Bertz CT molecular complexity index is 986. The molecular formula is C22H22FNO6. The number of halogens is 1. The number of carbonyl (C=O) groups is 2. The zero-order valence-corrected chi connectivity index (χ0v) is 16.8. The van der Waals surface area contributed by atoms with Crippen LogP contribution >= 0.6 is 0 Å². The van der Waals surface area contributed by atoms with Gasteiger partial charge in [0.2, 0.25) is 0 Å². The van der Waals surface area contributed by atoms with E-state index in [0.717, 1.165) is 6.07 Å². The van der Waals surface area contributed by atoms with Crippen molar-refractivity contribution in [3.63, 3.8) is 0 Å². The summed E-state index contributed by atoms with van der Waals surface area (Å²) in [4.78, 5) is 26.9. The zero-order chi connectivity index (χ0) is 21.8. The third-order valence-electron chi connectivity index (χ3n) is 4.92. The molecule has 30 heavy (non-hydrogen) atoms. The minimum Gasteiger partial charge on any atom is -0.507 e. The van der Waals surface area contributed by atoms with Crippen molar-refractivity contribution in [1.82, 2.24) is 4.90 Å². The number of rotatable bonds is 7. The maximum Gasteiger partial charge on any atom is 0.295 e. The molecule has 1 N–H and O–H groups in total. The van der Waals surface area contributed by atoms with Crippen LogP contribution in [0, 0.1) is 5.82 Å². The number of methoxy groups -OCH3 is 3. The van der Waals surface area contributed by atoms with Gasteiger partial charge in [-0.05, 0) is 35.9 Å². The second-order valence-electron chi connectivity index (χ2n) is 6.60. The molecule has 0 saturated carbocycles. The molecular weight excluding hydrogens is 393 g/mol. The summed E-state index contributed by atoms with van der Waals surface area (Å²) in [5.74, 6) is -2.00. The van der Waals surface area contributed by atoms with Crippen molar-refractivity contribution in [2.75, 3.05) is 34.5 Å². The fraction of sp³-hybridized carbons (Fsp3) is 0.273. The number of hydrogen-bond donors (Lipinski definition) is 1. The standard InChI is InChI=1S/C22H22FNO6/c1-28-11-10-24-19(13-4-7-15(29-2)8-5-13)18(21(26)22(24)27)20(25)16-12-14(23)6-9-17(16)30-3/h4-9,12,19,25H,10-11H2,1-3H3/b20-18+. The van der Waals surface area contributed by atoms with Gasteiger partial charge in [-0.15, -0.1) is 0 Å². The van der Waals surface area contributed by atoms with Gasteiger partial charge in [-0.25, -0.2) is 4.39 Å². The molecule has 0 radical (unpaired) electrons. The molecule has 1 heterocycles. The summed E-state index contributed by atoms with van der Waals surface area (Å²) in [6.07, 6.45) is 0. The lowest BCUT2D eigenvalue weighted by Crippen LogP contribution is -2.32. The largest absolute Gasteiger partial charge is 0.507 e. The number of nitrogens with zero attached hydrogens (tertiary/aromatic N) is 1. The predicted molar refractivity (Wildman–Crippen MR) is 107 cm³/mol. The number of ether oxygens (including phenoxy) is 3. The average Bonchev–Trinajstić information content (AvgIpc) is 3.01.